The minimum absolute atomic E-state index is 0.00576. The third-order valence-electron chi connectivity index (χ3n) is 3.12. The van der Waals surface area contributed by atoms with Crippen LogP contribution in [0.2, 0.25) is 0 Å². The molecule has 0 spiro atoms. The molecule has 1 heteroatoms. The lowest BCUT2D eigenvalue weighted by molar-refractivity contribution is 0.0703. The van der Waals surface area contributed by atoms with Gasteiger partial charge in [0.05, 0.1) is 0 Å². The van der Waals surface area contributed by atoms with Crippen LogP contribution < -0.4 is 4.74 Å². The SMILES string of the molecule is CCCC1CC(C)(C)Oc2ccccc21. The van der Waals surface area contributed by atoms with Gasteiger partial charge in [-0.1, -0.05) is 31.5 Å². The lowest BCUT2D eigenvalue weighted by Crippen LogP contribution is -2.34. The number of hydrogen-bond donors (Lipinski definition) is 0. The van der Waals surface area contributed by atoms with Crippen LogP contribution in [0.5, 0.6) is 5.75 Å². The summed E-state index contributed by atoms with van der Waals surface area (Å²) in [6.45, 7) is 6.63. The van der Waals surface area contributed by atoms with Crippen LogP contribution in [0.25, 0.3) is 0 Å². The van der Waals surface area contributed by atoms with Gasteiger partial charge in [-0.3, -0.25) is 0 Å². The van der Waals surface area contributed by atoms with Gasteiger partial charge in [-0.25, -0.2) is 0 Å². The molecule has 1 atom stereocenters. The Kier molecular flexibility index (Phi) is 2.72. The largest absolute Gasteiger partial charge is 0.488 e. The molecule has 0 radical (unpaired) electrons. The predicted molar refractivity (Wildman–Crippen MR) is 63.4 cm³/mol. The number of benzene rings is 1. The molecule has 1 aliphatic heterocycles. The summed E-state index contributed by atoms with van der Waals surface area (Å²) >= 11 is 0. The van der Waals surface area contributed by atoms with Gasteiger partial charge in [0, 0.05) is 0 Å². The summed E-state index contributed by atoms with van der Waals surface area (Å²) in [6, 6.07) is 8.48. The third-order valence-corrected chi connectivity index (χ3v) is 3.12. The third kappa shape index (κ3) is 2.17. The van der Waals surface area contributed by atoms with E-state index in [9.17, 15) is 0 Å². The maximum absolute atomic E-state index is 6.00. The van der Waals surface area contributed by atoms with E-state index in [4.69, 9.17) is 4.74 Å². The van der Waals surface area contributed by atoms with Crippen LogP contribution in [0.4, 0.5) is 0 Å². The second-order valence-electron chi connectivity index (χ2n) is 5.09. The summed E-state index contributed by atoms with van der Waals surface area (Å²) in [6.07, 6.45) is 3.65. The molecule has 1 aromatic rings. The van der Waals surface area contributed by atoms with Gasteiger partial charge in [-0.2, -0.15) is 0 Å². The first-order valence-electron chi connectivity index (χ1n) is 5.90. The van der Waals surface area contributed by atoms with Crippen molar-refractivity contribution in [2.45, 2.75) is 51.6 Å². The van der Waals surface area contributed by atoms with Crippen LogP contribution in [0, 0.1) is 0 Å². The number of fused-ring (bicyclic) bond motifs is 1. The fourth-order valence-corrected chi connectivity index (χ4v) is 2.56. The first kappa shape index (κ1) is 10.5. The highest BCUT2D eigenvalue weighted by Crippen LogP contribution is 2.42. The minimum atomic E-state index is -0.00576. The van der Waals surface area contributed by atoms with E-state index in [1.165, 1.54) is 18.4 Å². The van der Waals surface area contributed by atoms with Crippen molar-refractivity contribution in [2.24, 2.45) is 0 Å². The average Bonchev–Trinajstić information content (AvgIpc) is 2.16. The molecular formula is C14H20O. The van der Waals surface area contributed by atoms with Crippen LogP contribution in [-0.4, -0.2) is 5.60 Å². The summed E-state index contributed by atoms with van der Waals surface area (Å²) in [5.74, 6) is 1.77. The van der Waals surface area contributed by atoms with Gasteiger partial charge in [-0.05, 0) is 44.2 Å². The Bertz CT molecular complexity index is 341. The molecule has 0 aliphatic carbocycles. The van der Waals surface area contributed by atoms with Crippen molar-refractivity contribution >= 4 is 0 Å². The molecule has 1 aliphatic rings. The van der Waals surface area contributed by atoms with Gasteiger partial charge in [0.2, 0.25) is 0 Å². The molecule has 82 valence electrons. The second-order valence-corrected chi connectivity index (χ2v) is 5.09. The number of hydrogen-bond acceptors (Lipinski definition) is 1. The molecule has 1 nitrogen and oxygen atoms in total. The van der Waals surface area contributed by atoms with Crippen LogP contribution >= 0.6 is 0 Å². The Morgan fingerprint density at radius 1 is 1.33 bits per heavy atom. The zero-order chi connectivity index (χ0) is 10.9. The maximum atomic E-state index is 6.00. The maximum Gasteiger partial charge on any atom is 0.123 e. The molecule has 1 aromatic carbocycles. The number of para-hydroxylation sites is 1. The van der Waals surface area contributed by atoms with Gasteiger partial charge in [0.25, 0.3) is 0 Å². The van der Waals surface area contributed by atoms with E-state index < -0.39 is 0 Å². The van der Waals surface area contributed by atoms with Crippen LogP contribution in [0.15, 0.2) is 24.3 Å². The summed E-state index contributed by atoms with van der Waals surface area (Å²) < 4.78 is 6.00. The fraction of sp³-hybridized carbons (Fsp3) is 0.571. The second kappa shape index (κ2) is 3.88. The van der Waals surface area contributed by atoms with Crippen LogP contribution in [0.3, 0.4) is 0 Å². The molecular weight excluding hydrogens is 184 g/mol. The van der Waals surface area contributed by atoms with E-state index in [0.717, 1.165) is 12.2 Å². The Morgan fingerprint density at radius 2 is 2.07 bits per heavy atom. The van der Waals surface area contributed by atoms with Gasteiger partial charge in [0.15, 0.2) is 0 Å². The van der Waals surface area contributed by atoms with Gasteiger partial charge in [-0.15, -0.1) is 0 Å². The standard InChI is InChI=1S/C14H20O/c1-4-7-11-10-14(2,3)15-13-9-6-5-8-12(11)13/h5-6,8-9,11H,4,7,10H2,1-3H3. The van der Waals surface area contributed by atoms with Crippen molar-refractivity contribution in [3.63, 3.8) is 0 Å². The first-order chi connectivity index (χ1) is 7.12. The molecule has 0 N–H and O–H groups in total. The molecule has 0 saturated carbocycles. The van der Waals surface area contributed by atoms with Crippen LogP contribution in [-0.2, 0) is 0 Å². The monoisotopic (exact) mass is 204 g/mol. The van der Waals surface area contributed by atoms with Crippen LogP contribution in [0.1, 0.15) is 51.5 Å². The Balaban J connectivity index is 2.34. The highest BCUT2D eigenvalue weighted by atomic mass is 16.5. The molecule has 0 amide bonds. The highest BCUT2D eigenvalue weighted by Gasteiger charge is 2.32. The zero-order valence-electron chi connectivity index (χ0n) is 9.92. The van der Waals surface area contributed by atoms with Gasteiger partial charge in [0.1, 0.15) is 11.4 Å². The van der Waals surface area contributed by atoms with E-state index in [1.807, 2.05) is 0 Å². The Hall–Kier alpha value is -0.980. The molecule has 0 fully saturated rings. The van der Waals surface area contributed by atoms with E-state index in [1.54, 1.807) is 0 Å². The van der Waals surface area contributed by atoms with Gasteiger partial charge < -0.3 is 4.74 Å². The van der Waals surface area contributed by atoms with Crippen molar-refractivity contribution in [3.05, 3.63) is 29.8 Å². The lowest BCUT2D eigenvalue weighted by atomic mass is 9.82. The quantitative estimate of drug-likeness (QED) is 0.703. The van der Waals surface area contributed by atoms with Crippen molar-refractivity contribution in [1.82, 2.24) is 0 Å². The first-order valence-corrected chi connectivity index (χ1v) is 5.90. The number of ether oxygens (including phenoxy) is 1. The molecule has 1 heterocycles. The zero-order valence-corrected chi connectivity index (χ0v) is 9.92. The van der Waals surface area contributed by atoms with E-state index >= 15 is 0 Å². The van der Waals surface area contributed by atoms with E-state index in [2.05, 4.69) is 45.0 Å². The molecule has 15 heavy (non-hydrogen) atoms. The normalized spacial score (nSPS) is 23.0. The van der Waals surface area contributed by atoms with E-state index in [0.29, 0.717) is 5.92 Å². The molecule has 1 unspecified atom stereocenters. The molecule has 0 saturated heterocycles. The van der Waals surface area contributed by atoms with Gasteiger partial charge >= 0.3 is 0 Å². The van der Waals surface area contributed by atoms with Crippen molar-refractivity contribution in [2.75, 3.05) is 0 Å². The molecule has 0 aromatic heterocycles. The van der Waals surface area contributed by atoms with Crippen molar-refractivity contribution in [1.29, 1.82) is 0 Å². The molecule has 2 rings (SSSR count). The average molecular weight is 204 g/mol. The number of rotatable bonds is 2. The lowest BCUT2D eigenvalue weighted by Gasteiger charge is -2.37. The van der Waals surface area contributed by atoms with Crippen molar-refractivity contribution < 1.29 is 4.74 Å². The minimum Gasteiger partial charge on any atom is -0.488 e. The Morgan fingerprint density at radius 3 is 2.80 bits per heavy atom. The predicted octanol–water partition coefficient (Wildman–Crippen LogP) is 4.13. The topological polar surface area (TPSA) is 9.23 Å². The highest BCUT2D eigenvalue weighted by molar-refractivity contribution is 5.38. The summed E-state index contributed by atoms with van der Waals surface area (Å²) in [4.78, 5) is 0. The smallest absolute Gasteiger partial charge is 0.123 e. The van der Waals surface area contributed by atoms with E-state index in [-0.39, 0.29) is 5.60 Å². The van der Waals surface area contributed by atoms with Crippen molar-refractivity contribution in [3.8, 4) is 5.75 Å². The summed E-state index contributed by atoms with van der Waals surface area (Å²) in [5, 5.41) is 0. The Labute approximate surface area is 92.5 Å². The fourth-order valence-electron chi connectivity index (χ4n) is 2.56. The summed E-state index contributed by atoms with van der Waals surface area (Å²) in [7, 11) is 0. The summed E-state index contributed by atoms with van der Waals surface area (Å²) in [5.41, 5.74) is 1.40. The molecule has 0 bridgehead atoms.